The zero-order chi connectivity index (χ0) is 6.69. The minimum atomic E-state index is 0.126. The summed E-state index contributed by atoms with van der Waals surface area (Å²) >= 11 is 1.57. The van der Waals surface area contributed by atoms with E-state index < -0.39 is 0 Å². The molecule has 52 valence electrons. The van der Waals surface area contributed by atoms with Crippen LogP contribution >= 0.6 is 11.8 Å². The summed E-state index contributed by atoms with van der Waals surface area (Å²) in [6, 6.07) is 0. The van der Waals surface area contributed by atoms with Crippen molar-refractivity contribution < 1.29 is 10.2 Å². The Balaban J connectivity index is 2.31. The molecule has 0 spiro atoms. The molecule has 0 radical (unpaired) electrons. The van der Waals surface area contributed by atoms with E-state index in [9.17, 15) is 0 Å². The van der Waals surface area contributed by atoms with E-state index in [1.807, 2.05) is 6.08 Å². The minimum absolute atomic E-state index is 0.126. The van der Waals surface area contributed by atoms with E-state index >= 15 is 0 Å². The summed E-state index contributed by atoms with van der Waals surface area (Å²) in [5.74, 6) is 0. The van der Waals surface area contributed by atoms with Crippen molar-refractivity contribution in [1.29, 1.82) is 0 Å². The minimum Gasteiger partial charge on any atom is -0.395 e. The topological polar surface area (TPSA) is 40.5 Å². The third-order valence-corrected chi connectivity index (χ3v) is 2.56. The number of hydrogen-bond acceptors (Lipinski definition) is 3. The zero-order valence-electron chi connectivity index (χ0n) is 5.08. The van der Waals surface area contributed by atoms with Crippen LogP contribution in [0, 0.1) is 0 Å². The van der Waals surface area contributed by atoms with Crippen molar-refractivity contribution >= 4 is 11.8 Å². The monoisotopic (exact) mass is 146 g/mol. The van der Waals surface area contributed by atoms with Gasteiger partial charge in [-0.25, -0.2) is 0 Å². The largest absolute Gasteiger partial charge is 0.395 e. The molecule has 0 saturated carbocycles. The van der Waals surface area contributed by atoms with E-state index in [0.717, 1.165) is 11.3 Å². The van der Waals surface area contributed by atoms with Crippen LogP contribution in [0.1, 0.15) is 6.42 Å². The molecule has 0 bridgehead atoms. The highest BCUT2D eigenvalue weighted by atomic mass is 32.2. The zero-order valence-corrected chi connectivity index (χ0v) is 5.90. The molecule has 0 saturated heterocycles. The van der Waals surface area contributed by atoms with Crippen molar-refractivity contribution in [2.45, 2.75) is 11.7 Å². The SMILES string of the molecule is OCC1=CCC(CO)S1. The van der Waals surface area contributed by atoms with Gasteiger partial charge in [-0.15, -0.1) is 11.8 Å². The molecule has 0 fully saturated rings. The second kappa shape index (κ2) is 3.25. The summed E-state index contributed by atoms with van der Waals surface area (Å²) in [5.41, 5.74) is 0. The molecule has 1 heterocycles. The summed E-state index contributed by atoms with van der Waals surface area (Å²) in [6.07, 6.45) is 2.88. The molecule has 1 aliphatic heterocycles. The number of thioether (sulfide) groups is 1. The van der Waals surface area contributed by atoms with E-state index in [2.05, 4.69) is 0 Å². The van der Waals surface area contributed by atoms with Gasteiger partial charge in [0.1, 0.15) is 0 Å². The van der Waals surface area contributed by atoms with Crippen LogP contribution < -0.4 is 0 Å². The molecule has 0 aromatic rings. The van der Waals surface area contributed by atoms with Gasteiger partial charge in [-0.1, -0.05) is 6.08 Å². The molecule has 2 nitrogen and oxygen atoms in total. The quantitative estimate of drug-likeness (QED) is 0.591. The maximum Gasteiger partial charge on any atom is 0.0737 e. The number of allylic oxidation sites excluding steroid dienone is 1. The molecule has 9 heavy (non-hydrogen) atoms. The summed E-state index contributed by atoms with van der Waals surface area (Å²) in [7, 11) is 0. The lowest BCUT2D eigenvalue weighted by Gasteiger charge is -2.02. The highest BCUT2D eigenvalue weighted by molar-refractivity contribution is 8.04. The Labute approximate surface area is 58.6 Å². The maximum atomic E-state index is 8.64. The number of hydrogen-bond donors (Lipinski definition) is 2. The van der Waals surface area contributed by atoms with Crippen LogP contribution in [0.5, 0.6) is 0 Å². The Hall–Kier alpha value is 0.01000. The van der Waals surface area contributed by atoms with Crippen LogP contribution in [0.15, 0.2) is 11.0 Å². The van der Waals surface area contributed by atoms with E-state index in [-0.39, 0.29) is 13.2 Å². The van der Waals surface area contributed by atoms with E-state index in [1.54, 1.807) is 11.8 Å². The van der Waals surface area contributed by atoms with Gasteiger partial charge in [-0.05, 0) is 6.42 Å². The number of rotatable bonds is 2. The normalized spacial score (nSPS) is 26.4. The van der Waals surface area contributed by atoms with Crippen molar-refractivity contribution in [2.24, 2.45) is 0 Å². The molecule has 1 aliphatic rings. The van der Waals surface area contributed by atoms with Crippen molar-refractivity contribution in [3.63, 3.8) is 0 Å². The second-order valence-electron chi connectivity index (χ2n) is 1.99. The summed E-state index contributed by atoms with van der Waals surface area (Å²) in [6.45, 7) is 0.339. The van der Waals surface area contributed by atoms with Gasteiger partial charge in [-0.3, -0.25) is 0 Å². The molecular weight excluding hydrogens is 136 g/mol. The van der Waals surface area contributed by atoms with Gasteiger partial charge in [0.15, 0.2) is 0 Å². The predicted molar refractivity (Wildman–Crippen MR) is 38.3 cm³/mol. The van der Waals surface area contributed by atoms with Gasteiger partial charge in [-0.2, -0.15) is 0 Å². The fraction of sp³-hybridized carbons (Fsp3) is 0.667. The summed E-state index contributed by atoms with van der Waals surface area (Å²) < 4.78 is 0. The molecule has 0 amide bonds. The van der Waals surface area contributed by atoms with Gasteiger partial charge >= 0.3 is 0 Å². The Morgan fingerprint density at radius 2 is 2.44 bits per heavy atom. The van der Waals surface area contributed by atoms with E-state index in [4.69, 9.17) is 10.2 Å². The van der Waals surface area contributed by atoms with Crippen molar-refractivity contribution in [3.8, 4) is 0 Å². The number of aliphatic hydroxyl groups is 2. The third kappa shape index (κ3) is 1.71. The molecular formula is C6H10O2S. The second-order valence-corrected chi connectivity index (χ2v) is 3.41. The average molecular weight is 146 g/mol. The lowest BCUT2D eigenvalue weighted by atomic mass is 10.3. The standard InChI is InChI=1S/C6H10O2S/c7-3-5-1-2-6(4-8)9-5/h1,6-8H,2-4H2. The maximum absolute atomic E-state index is 8.64. The van der Waals surface area contributed by atoms with Crippen LogP contribution in [0.25, 0.3) is 0 Å². The first-order valence-corrected chi connectivity index (χ1v) is 3.82. The lowest BCUT2D eigenvalue weighted by Crippen LogP contribution is -2.02. The average Bonchev–Trinajstić information content (AvgIpc) is 2.34. The lowest BCUT2D eigenvalue weighted by molar-refractivity contribution is 0.296. The first-order chi connectivity index (χ1) is 4.36. The highest BCUT2D eigenvalue weighted by Gasteiger charge is 2.15. The van der Waals surface area contributed by atoms with Gasteiger partial charge in [0.05, 0.1) is 13.2 Å². The van der Waals surface area contributed by atoms with Crippen LogP contribution in [-0.2, 0) is 0 Å². The van der Waals surface area contributed by atoms with Crippen LogP contribution in [-0.4, -0.2) is 28.7 Å². The molecule has 2 N–H and O–H groups in total. The van der Waals surface area contributed by atoms with E-state index in [1.165, 1.54) is 0 Å². The Morgan fingerprint density at radius 1 is 1.67 bits per heavy atom. The van der Waals surface area contributed by atoms with Crippen LogP contribution in [0.3, 0.4) is 0 Å². The Bertz CT molecular complexity index is 122. The fourth-order valence-corrected chi connectivity index (χ4v) is 1.75. The van der Waals surface area contributed by atoms with Crippen LogP contribution in [0.4, 0.5) is 0 Å². The summed E-state index contributed by atoms with van der Waals surface area (Å²) in [4.78, 5) is 0.994. The Kier molecular flexibility index (Phi) is 2.57. The fourth-order valence-electron chi connectivity index (χ4n) is 0.787. The summed E-state index contributed by atoms with van der Waals surface area (Å²) in [5, 5.41) is 17.6. The predicted octanol–water partition coefficient (Wildman–Crippen LogP) is 0.360. The van der Waals surface area contributed by atoms with Gasteiger partial charge in [0.2, 0.25) is 0 Å². The van der Waals surface area contributed by atoms with Gasteiger partial charge < -0.3 is 10.2 Å². The van der Waals surface area contributed by atoms with Crippen molar-refractivity contribution in [2.75, 3.05) is 13.2 Å². The Morgan fingerprint density at radius 3 is 2.78 bits per heavy atom. The van der Waals surface area contributed by atoms with Gasteiger partial charge in [0.25, 0.3) is 0 Å². The molecule has 3 heteroatoms. The molecule has 0 aromatic heterocycles. The molecule has 0 aromatic carbocycles. The smallest absolute Gasteiger partial charge is 0.0737 e. The molecule has 0 aliphatic carbocycles. The van der Waals surface area contributed by atoms with Crippen molar-refractivity contribution in [3.05, 3.63) is 11.0 Å². The number of aliphatic hydroxyl groups excluding tert-OH is 2. The highest BCUT2D eigenvalue weighted by Crippen LogP contribution is 2.30. The van der Waals surface area contributed by atoms with Crippen molar-refractivity contribution in [1.82, 2.24) is 0 Å². The molecule has 1 atom stereocenters. The van der Waals surface area contributed by atoms with E-state index in [0.29, 0.717) is 5.25 Å². The van der Waals surface area contributed by atoms with Gasteiger partial charge in [0, 0.05) is 10.2 Å². The van der Waals surface area contributed by atoms with Crippen LogP contribution in [0.2, 0.25) is 0 Å². The molecule has 1 unspecified atom stereocenters. The third-order valence-electron chi connectivity index (χ3n) is 1.29. The first-order valence-electron chi connectivity index (χ1n) is 2.94. The first kappa shape index (κ1) is 7.12. The molecule has 1 rings (SSSR count).